The van der Waals surface area contributed by atoms with Crippen molar-refractivity contribution in [1.29, 1.82) is 0 Å². The second-order valence-electron chi connectivity index (χ2n) is 6.74. The number of phenolic OH excluding ortho intramolecular Hbond substituents is 1. The molecule has 0 unspecified atom stereocenters. The third kappa shape index (κ3) is 4.82. The molecule has 0 radical (unpaired) electrons. The number of benzene rings is 2. The zero-order valence-electron chi connectivity index (χ0n) is 15.9. The SMILES string of the molecule is O=C(N/N=C/c1ccc2c(ccn2Cc2cnc(Cl)c(Cl)c2)c1)c1ccc(O)c(Cl)c1. The van der Waals surface area contributed by atoms with E-state index in [1.54, 1.807) is 18.5 Å². The molecular formula is C22H15Cl3N4O2. The first-order valence-electron chi connectivity index (χ1n) is 9.11. The lowest BCUT2D eigenvalue weighted by molar-refractivity contribution is 0.0955. The summed E-state index contributed by atoms with van der Waals surface area (Å²) in [7, 11) is 0. The Morgan fingerprint density at radius 1 is 1.10 bits per heavy atom. The molecule has 0 atom stereocenters. The standard InChI is InChI=1S/C22H15Cl3N4O2/c23-17-9-16(2-4-20(17)30)22(31)28-27-11-13-1-3-19-15(7-13)5-6-29(19)12-14-8-18(24)21(25)26-10-14/h1-11,30H,12H2,(H,28,31)/b27-11+. The van der Waals surface area contributed by atoms with Gasteiger partial charge in [-0.1, -0.05) is 40.9 Å². The third-order valence-corrected chi connectivity index (χ3v) is 5.58. The van der Waals surface area contributed by atoms with E-state index in [0.717, 1.165) is 22.0 Å². The van der Waals surface area contributed by atoms with Gasteiger partial charge in [0, 0.05) is 35.4 Å². The topological polar surface area (TPSA) is 79.5 Å². The highest BCUT2D eigenvalue weighted by molar-refractivity contribution is 6.41. The normalized spacial score (nSPS) is 11.3. The molecule has 2 N–H and O–H groups in total. The summed E-state index contributed by atoms with van der Waals surface area (Å²) in [4.78, 5) is 16.2. The van der Waals surface area contributed by atoms with Crippen LogP contribution in [-0.4, -0.2) is 26.8 Å². The van der Waals surface area contributed by atoms with Gasteiger partial charge in [0.25, 0.3) is 5.91 Å². The number of hydrazone groups is 1. The smallest absolute Gasteiger partial charge is 0.271 e. The van der Waals surface area contributed by atoms with Crippen LogP contribution in [-0.2, 0) is 6.54 Å². The van der Waals surface area contributed by atoms with Crippen LogP contribution in [0.3, 0.4) is 0 Å². The highest BCUT2D eigenvalue weighted by atomic mass is 35.5. The quantitative estimate of drug-likeness (QED) is 0.228. The number of carbonyl (C=O) groups is 1. The third-order valence-electron chi connectivity index (χ3n) is 4.59. The number of halogens is 3. The van der Waals surface area contributed by atoms with Gasteiger partial charge >= 0.3 is 0 Å². The van der Waals surface area contributed by atoms with Crippen molar-refractivity contribution in [2.75, 3.05) is 0 Å². The summed E-state index contributed by atoms with van der Waals surface area (Å²) in [6.07, 6.45) is 5.23. The van der Waals surface area contributed by atoms with E-state index < -0.39 is 5.91 Å². The van der Waals surface area contributed by atoms with Crippen LogP contribution >= 0.6 is 34.8 Å². The van der Waals surface area contributed by atoms with Gasteiger partial charge in [-0.15, -0.1) is 0 Å². The lowest BCUT2D eigenvalue weighted by Crippen LogP contribution is -2.17. The van der Waals surface area contributed by atoms with Gasteiger partial charge in [0.15, 0.2) is 0 Å². The van der Waals surface area contributed by atoms with Crippen LogP contribution in [0, 0.1) is 0 Å². The first-order chi connectivity index (χ1) is 14.9. The summed E-state index contributed by atoms with van der Waals surface area (Å²) in [6, 6.07) is 13.8. The molecule has 0 bridgehead atoms. The van der Waals surface area contributed by atoms with Crippen molar-refractivity contribution in [3.63, 3.8) is 0 Å². The number of hydrogen-bond donors (Lipinski definition) is 2. The molecule has 156 valence electrons. The molecule has 0 saturated heterocycles. The summed E-state index contributed by atoms with van der Waals surface area (Å²) in [6.45, 7) is 0.603. The van der Waals surface area contributed by atoms with Gasteiger partial charge in [0.2, 0.25) is 0 Å². The largest absolute Gasteiger partial charge is 0.506 e. The van der Waals surface area contributed by atoms with Gasteiger partial charge in [-0.25, -0.2) is 10.4 Å². The number of carbonyl (C=O) groups excluding carboxylic acids is 1. The van der Waals surface area contributed by atoms with E-state index in [1.807, 2.05) is 30.5 Å². The fourth-order valence-corrected chi connectivity index (χ4v) is 3.53. The van der Waals surface area contributed by atoms with Gasteiger partial charge in [-0.2, -0.15) is 5.10 Å². The molecule has 0 aliphatic carbocycles. The second kappa shape index (κ2) is 8.98. The maximum atomic E-state index is 12.1. The van der Waals surface area contributed by atoms with Crippen molar-refractivity contribution in [2.24, 2.45) is 5.10 Å². The van der Waals surface area contributed by atoms with Gasteiger partial charge in [0.1, 0.15) is 10.9 Å². The molecular weight excluding hydrogens is 459 g/mol. The van der Waals surface area contributed by atoms with Crippen LogP contribution in [0.25, 0.3) is 10.9 Å². The van der Waals surface area contributed by atoms with Crippen LogP contribution in [0.1, 0.15) is 21.5 Å². The van der Waals surface area contributed by atoms with Gasteiger partial charge < -0.3 is 9.67 Å². The van der Waals surface area contributed by atoms with E-state index in [-0.39, 0.29) is 15.9 Å². The van der Waals surface area contributed by atoms with E-state index in [0.29, 0.717) is 17.1 Å². The minimum Gasteiger partial charge on any atom is -0.506 e. The lowest BCUT2D eigenvalue weighted by Gasteiger charge is -2.07. The first kappa shape index (κ1) is 21.2. The number of nitrogens with one attached hydrogen (secondary N) is 1. The Morgan fingerprint density at radius 3 is 2.71 bits per heavy atom. The Morgan fingerprint density at radius 2 is 1.94 bits per heavy atom. The number of aromatic hydroxyl groups is 1. The molecule has 0 saturated carbocycles. The van der Waals surface area contributed by atoms with Crippen molar-refractivity contribution < 1.29 is 9.90 Å². The molecule has 0 spiro atoms. The maximum absolute atomic E-state index is 12.1. The maximum Gasteiger partial charge on any atom is 0.271 e. The van der Waals surface area contributed by atoms with Crippen LogP contribution < -0.4 is 5.43 Å². The number of aromatic nitrogens is 2. The number of fused-ring (bicyclic) bond motifs is 1. The first-order valence-corrected chi connectivity index (χ1v) is 10.2. The van der Waals surface area contributed by atoms with Crippen molar-refractivity contribution >= 4 is 57.8 Å². The number of hydrogen-bond acceptors (Lipinski definition) is 4. The number of pyridine rings is 1. The number of nitrogens with zero attached hydrogens (tertiary/aromatic N) is 3. The molecule has 1 amide bonds. The Hall–Kier alpha value is -3.06. The molecule has 4 rings (SSSR count). The number of phenols is 1. The van der Waals surface area contributed by atoms with Crippen molar-refractivity contribution in [1.82, 2.24) is 15.0 Å². The minimum absolute atomic E-state index is 0.0858. The lowest BCUT2D eigenvalue weighted by atomic mass is 10.2. The summed E-state index contributed by atoms with van der Waals surface area (Å²) >= 11 is 17.8. The van der Waals surface area contributed by atoms with Crippen LogP contribution in [0.5, 0.6) is 5.75 Å². The van der Waals surface area contributed by atoms with E-state index in [4.69, 9.17) is 34.8 Å². The molecule has 0 aliphatic heterocycles. The van der Waals surface area contributed by atoms with Crippen molar-refractivity contribution in [3.05, 3.63) is 92.8 Å². The van der Waals surface area contributed by atoms with Crippen LogP contribution in [0.4, 0.5) is 0 Å². The fraction of sp³-hybridized carbons (Fsp3) is 0.0455. The monoisotopic (exact) mass is 472 g/mol. The van der Waals surface area contributed by atoms with Crippen LogP contribution in [0.2, 0.25) is 15.2 Å². The van der Waals surface area contributed by atoms with Gasteiger partial charge in [-0.05, 0) is 53.6 Å². The number of rotatable bonds is 5. The molecule has 31 heavy (non-hydrogen) atoms. The summed E-state index contributed by atoms with van der Waals surface area (Å²) in [5.41, 5.74) is 5.54. The van der Waals surface area contributed by atoms with Crippen molar-refractivity contribution in [3.8, 4) is 5.75 Å². The molecule has 9 heteroatoms. The summed E-state index contributed by atoms with van der Waals surface area (Å²) in [5.74, 6) is -0.516. The summed E-state index contributed by atoms with van der Waals surface area (Å²) in [5, 5.41) is 15.3. The predicted molar refractivity (Wildman–Crippen MR) is 123 cm³/mol. The van der Waals surface area contributed by atoms with Gasteiger partial charge in [-0.3, -0.25) is 4.79 Å². The second-order valence-corrected chi connectivity index (χ2v) is 7.92. The Balaban J connectivity index is 1.46. The molecule has 4 aromatic rings. The van der Waals surface area contributed by atoms with Crippen molar-refractivity contribution in [2.45, 2.75) is 6.54 Å². The average molecular weight is 474 g/mol. The fourth-order valence-electron chi connectivity index (χ4n) is 3.06. The zero-order chi connectivity index (χ0) is 22.0. The zero-order valence-corrected chi connectivity index (χ0v) is 18.2. The highest BCUT2D eigenvalue weighted by Gasteiger charge is 2.08. The van der Waals surface area contributed by atoms with E-state index in [2.05, 4.69) is 20.1 Å². The molecule has 2 aromatic carbocycles. The molecule has 2 aromatic heterocycles. The molecule has 0 aliphatic rings. The Bertz CT molecular complexity index is 1320. The highest BCUT2D eigenvalue weighted by Crippen LogP contribution is 2.24. The Kier molecular flexibility index (Phi) is 6.13. The molecule has 6 nitrogen and oxygen atoms in total. The molecule has 2 heterocycles. The van der Waals surface area contributed by atoms with E-state index >= 15 is 0 Å². The van der Waals surface area contributed by atoms with Crippen LogP contribution in [0.15, 0.2) is 66.0 Å². The molecule has 0 fully saturated rings. The predicted octanol–water partition coefficient (Wildman–Crippen LogP) is 5.51. The van der Waals surface area contributed by atoms with E-state index in [9.17, 15) is 9.90 Å². The number of amides is 1. The van der Waals surface area contributed by atoms with Gasteiger partial charge in [0.05, 0.1) is 16.3 Å². The average Bonchev–Trinajstić information content (AvgIpc) is 3.14. The Labute approximate surface area is 192 Å². The minimum atomic E-state index is -0.430. The van der Waals surface area contributed by atoms with E-state index in [1.165, 1.54) is 18.2 Å². The summed E-state index contributed by atoms with van der Waals surface area (Å²) < 4.78 is 2.08.